The molecule has 1 aliphatic carbocycles. The highest BCUT2D eigenvalue weighted by Gasteiger charge is 2.71. The van der Waals surface area contributed by atoms with Crippen LogP contribution in [0.5, 0.6) is 5.75 Å². The van der Waals surface area contributed by atoms with Crippen LogP contribution in [0.25, 0.3) is 10.9 Å². The third-order valence-electron chi connectivity index (χ3n) is 6.57. The number of aryl methyl sites for hydroxylation is 1. The Hall–Kier alpha value is -2.62. The van der Waals surface area contributed by atoms with E-state index in [1.165, 1.54) is 19.2 Å². The average Bonchev–Trinajstić information content (AvgIpc) is 2.74. The zero-order chi connectivity index (χ0) is 25.1. The zero-order valence-electron chi connectivity index (χ0n) is 19.1. The van der Waals surface area contributed by atoms with E-state index in [9.17, 15) is 23.4 Å². The van der Waals surface area contributed by atoms with Crippen LogP contribution in [0.2, 0.25) is 5.02 Å². The van der Waals surface area contributed by atoms with Gasteiger partial charge in [0.15, 0.2) is 5.60 Å². The summed E-state index contributed by atoms with van der Waals surface area (Å²) in [6.45, 7) is 4.19. The Morgan fingerprint density at radius 1 is 1.18 bits per heavy atom. The molecule has 1 aliphatic rings. The second kappa shape index (κ2) is 7.96. The summed E-state index contributed by atoms with van der Waals surface area (Å²) in [6, 6.07) is 7.76. The van der Waals surface area contributed by atoms with Crippen LogP contribution in [-0.4, -0.2) is 45.6 Å². The number of nitrogens with one attached hydrogen (secondary N) is 1. The molecule has 4 rings (SSSR count). The lowest BCUT2D eigenvalue weighted by molar-refractivity contribution is -0.330. The van der Waals surface area contributed by atoms with Crippen molar-refractivity contribution in [1.29, 1.82) is 0 Å². The number of hydrogen-bond donors (Lipinski definition) is 3. The number of halogens is 4. The first-order valence-corrected chi connectivity index (χ1v) is 11.0. The van der Waals surface area contributed by atoms with Crippen molar-refractivity contribution in [3.63, 3.8) is 0 Å². The molecule has 6 nitrogen and oxygen atoms in total. The molecular weight excluding hydrogens is 471 g/mol. The number of rotatable bonds is 4. The fraction of sp³-hybridized carbons (Fsp3) is 0.417. The van der Waals surface area contributed by atoms with E-state index in [0.29, 0.717) is 28.0 Å². The van der Waals surface area contributed by atoms with Gasteiger partial charge >= 0.3 is 6.18 Å². The van der Waals surface area contributed by atoms with Crippen molar-refractivity contribution >= 4 is 28.2 Å². The first-order valence-electron chi connectivity index (χ1n) is 10.6. The Labute approximate surface area is 199 Å². The Morgan fingerprint density at radius 2 is 1.88 bits per heavy atom. The van der Waals surface area contributed by atoms with Crippen molar-refractivity contribution in [2.24, 2.45) is 0 Å². The highest BCUT2D eigenvalue weighted by Crippen LogP contribution is 2.59. The standard InChI is InChI=1S/C24H25ClF3N3O3/c1-13-29-10-14-17(6-5-7-18(14)31-13)30-12-22(32)15-8-9-16(25)20(34-4)19(15)21(2,3)11-23(22,33)24(26,27)28/h5-10,30,32-33H,11-12H2,1-4H3. The molecule has 0 bridgehead atoms. The van der Waals surface area contributed by atoms with Crippen LogP contribution < -0.4 is 10.1 Å². The molecule has 0 spiro atoms. The molecule has 2 atom stereocenters. The summed E-state index contributed by atoms with van der Waals surface area (Å²) in [7, 11) is 1.36. The van der Waals surface area contributed by atoms with Gasteiger partial charge in [-0.05, 0) is 42.5 Å². The van der Waals surface area contributed by atoms with Crippen LogP contribution in [-0.2, 0) is 11.0 Å². The molecule has 1 heterocycles. The Kier molecular flexibility index (Phi) is 5.74. The summed E-state index contributed by atoms with van der Waals surface area (Å²) in [5.41, 5.74) is -6.21. The molecular formula is C24H25ClF3N3O3. The Balaban J connectivity index is 1.90. The fourth-order valence-electron chi connectivity index (χ4n) is 4.97. The molecule has 2 aromatic carbocycles. The van der Waals surface area contributed by atoms with E-state index in [1.54, 1.807) is 45.2 Å². The summed E-state index contributed by atoms with van der Waals surface area (Å²) in [6.07, 6.45) is -4.38. The highest BCUT2D eigenvalue weighted by atomic mass is 35.5. The van der Waals surface area contributed by atoms with Gasteiger partial charge in [0.1, 0.15) is 17.2 Å². The maximum atomic E-state index is 14.4. The SMILES string of the molecule is COc1c(Cl)ccc2c1C(C)(C)CC(O)(C(F)(F)F)C2(O)CNc1cccc2nc(C)ncc12. The third kappa shape index (κ3) is 3.57. The van der Waals surface area contributed by atoms with Gasteiger partial charge in [-0.15, -0.1) is 0 Å². The molecule has 34 heavy (non-hydrogen) atoms. The van der Waals surface area contributed by atoms with E-state index in [2.05, 4.69) is 15.3 Å². The fourth-order valence-corrected chi connectivity index (χ4v) is 5.21. The van der Waals surface area contributed by atoms with Crippen molar-refractivity contribution in [1.82, 2.24) is 9.97 Å². The number of anilines is 1. The minimum atomic E-state index is -5.13. The van der Waals surface area contributed by atoms with E-state index in [0.717, 1.165) is 0 Å². The lowest BCUT2D eigenvalue weighted by Crippen LogP contribution is -2.68. The topological polar surface area (TPSA) is 87.5 Å². The summed E-state index contributed by atoms with van der Waals surface area (Å²) in [4.78, 5) is 8.49. The molecule has 3 aromatic rings. The monoisotopic (exact) mass is 495 g/mol. The van der Waals surface area contributed by atoms with Crippen LogP contribution in [0, 0.1) is 6.92 Å². The van der Waals surface area contributed by atoms with Gasteiger partial charge in [0.05, 0.1) is 24.2 Å². The van der Waals surface area contributed by atoms with E-state index in [4.69, 9.17) is 16.3 Å². The first kappa shape index (κ1) is 24.5. The molecule has 0 saturated heterocycles. The number of methoxy groups -OCH3 is 1. The maximum Gasteiger partial charge on any atom is 0.420 e. The number of benzene rings is 2. The number of aromatic nitrogens is 2. The summed E-state index contributed by atoms with van der Waals surface area (Å²) >= 11 is 6.27. The van der Waals surface area contributed by atoms with Crippen LogP contribution in [0.3, 0.4) is 0 Å². The van der Waals surface area contributed by atoms with Gasteiger partial charge in [0, 0.05) is 22.8 Å². The highest BCUT2D eigenvalue weighted by molar-refractivity contribution is 6.32. The second-order valence-electron chi connectivity index (χ2n) is 9.29. The van der Waals surface area contributed by atoms with Crippen molar-refractivity contribution in [3.8, 4) is 5.75 Å². The van der Waals surface area contributed by atoms with Crippen LogP contribution in [0.1, 0.15) is 37.2 Å². The number of hydrogen-bond acceptors (Lipinski definition) is 6. The lowest BCUT2D eigenvalue weighted by atomic mass is 9.58. The first-order chi connectivity index (χ1) is 15.7. The lowest BCUT2D eigenvalue weighted by Gasteiger charge is -2.53. The molecule has 0 amide bonds. The van der Waals surface area contributed by atoms with E-state index in [-0.39, 0.29) is 16.3 Å². The number of alkyl halides is 3. The third-order valence-corrected chi connectivity index (χ3v) is 6.87. The quantitative estimate of drug-likeness (QED) is 0.478. The number of nitrogens with zero attached hydrogens (tertiary/aromatic N) is 2. The molecule has 0 fully saturated rings. The van der Waals surface area contributed by atoms with E-state index < -0.39 is 35.8 Å². The smallest absolute Gasteiger partial charge is 0.420 e. The van der Waals surface area contributed by atoms with Gasteiger partial charge in [0.25, 0.3) is 0 Å². The predicted octanol–water partition coefficient (Wildman–Crippen LogP) is 4.87. The van der Waals surface area contributed by atoms with E-state index in [1.807, 2.05) is 0 Å². The van der Waals surface area contributed by atoms with Gasteiger partial charge in [0.2, 0.25) is 0 Å². The minimum absolute atomic E-state index is 0.107. The second-order valence-corrected chi connectivity index (χ2v) is 9.70. The predicted molar refractivity (Wildman–Crippen MR) is 123 cm³/mol. The Bertz CT molecular complexity index is 1270. The van der Waals surface area contributed by atoms with Gasteiger partial charge in [-0.2, -0.15) is 13.2 Å². The molecule has 0 saturated carbocycles. The van der Waals surface area contributed by atoms with Crippen LogP contribution in [0.15, 0.2) is 36.5 Å². The van der Waals surface area contributed by atoms with Gasteiger partial charge in [-0.3, -0.25) is 0 Å². The molecule has 1 aromatic heterocycles. The van der Waals surface area contributed by atoms with Crippen LogP contribution >= 0.6 is 11.6 Å². The molecule has 0 aliphatic heterocycles. The number of aliphatic hydroxyl groups is 2. The van der Waals surface area contributed by atoms with Crippen molar-refractivity contribution < 1.29 is 28.1 Å². The maximum absolute atomic E-state index is 14.4. The normalized spacial score (nSPS) is 24.1. The van der Waals surface area contributed by atoms with Crippen molar-refractivity contribution in [2.45, 2.75) is 50.0 Å². The summed E-state index contributed by atoms with van der Waals surface area (Å²) in [5, 5.41) is 26.6. The van der Waals surface area contributed by atoms with Crippen molar-refractivity contribution in [3.05, 3.63) is 58.5 Å². The summed E-state index contributed by atoms with van der Waals surface area (Å²) < 4.78 is 48.7. The van der Waals surface area contributed by atoms with Gasteiger partial charge < -0.3 is 20.3 Å². The zero-order valence-corrected chi connectivity index (χ0v) is 19.8. The summed E-state index contributed by atoms with van der Waals surface area (Å²) in [5.74, 6) is 0.711. The average molecular weight is 496 g/mol. The van der Waals surface area contributed by atoms with Crippen molar-refractivity contribution in [2.75, 3.05) is 19.0 Å². The largest absolute Gasteiger partial charge is 0.495 e. The van der Waals surface area contributed by atoms with Gasteiger partial charge in [-0.1, -0.05) is 37.6 Å². The van der Waals surface area contributed by atoms with Crippen LogP contribution in [0.4, 0.5) is 18.9 Å². The number of ether oxygens (including phenoxy) is 1. The van der Waals surface area contributed by atoms with Gasteiger partial charge in [-0.25, -0.2) is 9.97 Å². The minimum Gasteiger partial charge on any atom is -0.495 e. The number of fused-ring (bicyclic) bond motifs is 2. The Morgan fingerprint density at radius 3 is 2.53 bits per heavy atom. The molecule has 10 heteroatoms. The molecule has 0 radical (unpaired) electrons. The molecule has 182 valence electrons. The van der Waals surface area contributed by atoms with E-state index >= 15 is 0 Å². The molecule has 2 unspecified atom stereocenters. The molecule has 3 N–H and O–H groups in total.